The van der Waals surface area contributed by atoms with Gasteiger partial charge in [-0.3, -0.25) is 4.79 Å². The summed E-state index contributed by atoms with van der Waals surface area (Å²) in [6.45, 7) is 6.34. The number of hydrogen-bond donors (Lipinski definition) is 2. The van der Waals surface area contributed by atoms with E-state index >= 15 is 0 Å². The number of ether oxygens (including phenoxy) is 1. The van der Waals surface area contributed by atoms with E-state index < -0.39 is 0 Å². The maximum absolute atomic E-state index is 11.9. The number of carbonyl (C=O) groups is 1. The largest absolute Gasteiger partial charge is 0.382 e. The Bertz CT molecular complexity index is 612. The highest BCUT2D eigenvalue weighted by Gasteiger charge is 2.21. The van der Waals surface area contributed by atoms with Gasteiger partial charge in [-0.05, 0) is 38.3 Å². The second-order valence-corrected chi connectivity index (χ2v) is 7.20. The van der Waals surface area contributed by atoms with Crippen LogP contribution in [0, 0.1) is 0 Å². The second-order valence-electron chi connectivity index (χ2n) is 7.20. The molecule has 0 aliphatic carbocycles. The molecule has 1 aliphatic heterocycles. The molecule has 8 heteroatoms. The van der Waals surface area contributed by atoms with Gasteiger partial charge in [0.2, 0.25) is 5.91 Å². The van der Waals surface area contributed by atoms with E-state index in [1.54, 1.807) is 19.0 Å². The Morgan fingerprint density at radius 3 is 2.76 bits per heavy atom. The van der Waals surface area contributed by atoms with Crippen molar-refractivity contribution < 1.29 is 9.53 Å². The molecule has 0 bridgehead atoms. The van der Waals surface area contributed by atoms with Crippen molar-refractivity contribution in [2.75, 3.05) is 58.4 Å². The number of aliphatic imine (C=N–C) groups is 1. The van der Waals surface area contributed by atoms with Crippen molar-refractivity contribution in [2.45, 2.75) is 32.2 Å². The van der Waals surface area contributed by atoms with Gasteiger partial charge in [0.15, 0.2) is 5.96 Å². The minimum Gasteiger partial charge on any atom is -0.382 e. The summed E-state index contributed by atoms with van der Waals surface area (Å²) in [5.74, 6) is 0.691. The number of likely N-dealkylation sites (N-methyl/N-ethyl adjacent to an activating group) is 1. The molecule has 164 valence electrons. The third-order valence-electron chi connectivity index (χ3n) is 4.72. The summed E-state index contributed by atoms with van der Waals surface area (Å²) in [7, 11) is 3.50. The zero-order valence-electron chi connectivity index (χ0n) is 17.9. The minimum absolute atomic E-state index is 0. The molecule has 2 N–H and O–H groups in total. The van der Waals surface area contributed by atoms with Gasteiger partial charge in [0, 0.05) is 58.7 Å². The number of halogens is 1. The predicted octanol–water partition coefficient (Wildman–Crippen LogP) is 2.32. The highest BCUT2D eigenvalue weighted by molar-refractivity contribution is 14.0. The average Bonchev–Trinajstić information content (AvgIpc) is 2.72. The lowest BCUT2D eigenvalue weighted by atomic mass is 10.1. The molecule has 1 heterocycles. The molecular formula is C21H36IN5O2. The first-order valence-corrected chi connectivity index (χ1v) is 10.2. The Labute approximate surface area is 192 Å². The maximum atomic E-state index is 11.9. The van der Waals surface area contributed by atoms with Crippen molar-refractivity contribution in [3.05, 3.63) is 30.3 Å². The lowest BCUT2D eigenvalue weighted by Crippen LogP contribution is -2.51. The third kappa shape index (κ3) is 9.66. The van der Waals surface area contributed by atoms with Crippen LogP contribution < -0.4 is 15.5 Å². The first-order chi connectivity index (χ1) is 13.6. The molecule has 0 radical (unpaired) electrons. The Morgan fingerprint density at radius 1 is 1.31 bits per heavy atom. The fourth-order valence-corrected chi connectivity index (χ4v) is 3.13. The van der Waals surface area contributed by atoms with Crippen molar-refractivity contribution in [3.63, 3.8) is 0 Å². The van der Waals surface area contributed by atoms with Crippen LogP contribution in [0.2, 0.25) is 0 Å². The van der Waals surface area contributed by atoms with Crippen LogP contribution in [-0.4, -0.2) is 76.3 Å². The smallest absolute Gasteiger partial charge is 0.243 e. The second kappa shape index (κ2) is 14.4. The summed E-state index contributed by atoms with van der Waals surface area (Å²) in [5.41, 5.74) is 1.25. The van der Waals surface area contributed by atoms with Crippen LogP contribution in [0.4, 0.5) is 5.69 Å². The monoisotopic (exact) mass is 517 g/mol. The normalized spacial score (nSPS) is 16.7. The van der Waals surface area contributed by atoms with Gasteiger partial charge in [-0.15, -0.1) is 24.0 Å². The van der Waals surface area contributed by atoms with Crippen molar-refractivity contribution in [3.8, 4) is 0 Å². The summed E-state index contributed by atoms with van der Waals surface area (Å²) in [5, 5.41) is 6.87. The lowest BCUT2D eigenvalue weighted by molar-refractivity contribution is -0.127. The van der Waals surface area contributed by atoms with Crippen LogP contribution in [0.3, 0.4) is 0 Å². The molecule has 2 rings (SSSR count). The summed E-state index contributed by atoms with van der Waals surface area (Å²) < 4.78 is 5.39. The lowest BCUT2D eigenvalue weighted by Gasteiger charge is -2.35. The Morgan fingerprint density at radius 2 is 2.07 bits per heavy atom. The highest BCUT2D eigenvalue weighted by Crippen LogP contribution is 2.19. The van der Waals surface area contributed by atoms with Crippen LogP contribution in [-0.2, 0) is 9.53 Å². The summed E-state index contributed by atoms with van der Waals surface area (Å²) in [6.07, 6.45) is 3.11. The van der Waals surface area contributed by atoms with E-state index in [0.29, 0.717) is 12.0 Å². The molecule has 1 aromatic carbocycles. The van der Waals surface area contributed by atoms with Gasteiger partial charge in [0.25, 0.3) is 0 Å². The Kier molecular flexibility index (Phi) is 12.7. The van der Waals surface area contributed by atoms with E-state index in [4.69, 9.17) is 4.74 Å². The van der Waals surface area contributed by atoms with Gasteiger partial charge >= 0.3 is 0 Å². The molecule has 1 unspecified atom stereocenters. The molecule has 1 aromatic rings. The van der Waals surface area contributed by atoms with Crippen LogP contribution in [0.25, 0.3) is 0 Å². The van der Waals surface area contributed by atoms with Gasteiger partial charge in [-0.25, -0.2) is 4.99 Å². The van der Waals surface area contributed by atoms with Crippen LogP contribution in [0.15, 0.2) is 35.3 Å². The number of nitrogens with zero attached hydrogens (tertiary/aromatic N) is 3. The zero-order valence-corrected chi connectivity index (χ0v) is 20.2. The summed E-state index contributed by atoms with van der Waals surface area (Å²) >= 11 is 0. The van der Waals surface area contributed by atoms with Gasteiger partial charge in [-0.2, -0.15) is 0 Å². The summed E-state index contributed by atoms with van der Waals surface area (Å²) in [6, 6.07) is 10.8. The number of para-hydroxylation sites is 1. The number of benzene rings is 1. The fraction of sp³-hybridized carbons (Fsp3) is 0.619. The van der Waals surface area contributed by atoms with E-state index in [-0.39, 0.29) is 36.4 Å². The molecule has 1 aliphatic rings. The first-order valence-electron chi connectivity index (χ1n) is 10.2. The molecule has 1 fully saturated rings. The van der Waals surface area contributed by atoms with Gasteiger partial charge in [0.05, 0.1) is 0 Å². The number of hydrogen-bond acceptors (Lipinski definition) is 4. The number of carbonyl (C=O) groups excluding carboxylic acids is 1. The molecule has 0 spiro atoms. The van der Waals surface area contributed by atoms with Crippen molar-refractivity contribution in [1.29, 1.82) is 0 Å². The zero-order chi connectivity index (χ0) is 20.2. The van der Waals surface area contributed by atoms with E-state index in [0.717, 1.165) is 52.1 Å². The predicted molar refractivity (Wildman–Crippen MR) is 130 cm³/mol. The van der Waals surface area contributed by atoms with Crippen molar-refractivity contribution in [2.24, 2.45) is 4.99 Å². The van der Waals surface area contributed by atoms with E-state index in [1.165, 1.54) is 5.69 Å². The van der Waals surface area contributed by atoms with Gasteiger partial charge in [0.1, 0.15) is 6.54 Å². The SMILES string of the molecule is CCOCCCNC(=NCC(=O)N(C)C)NC1CCCN(c2ccccc2)C1.I. The third-order valence-corrected chi connectivity index (χ3v) is 4.72. The maximum Gasteiger partial charge on any atom is 0.243 e. The number of nitrogens with one attached hydrogen (secondary N) is 2. The molecule has 7 nitrogen and oxygen atoms in total. The minimum atomic E-state index is -0.00928. The van der Waals surface area contributed by atoms with Crippen molar-refractivity contribution >= 4 is 41.5 Å². The number of rotatable bonds is 9. The van der Waals surface area contributed by atoms with Crippen LogP contribution in [0.5, 0.6) is 0 Å². The number of amides is 1. The quantitative estimate of drug-likeness (QED) is 0.228. The fourth-order valence-electron chi connectivity index (χ4n) is 3.13. The van der Waals surface area contributed by atoms with Crippen LogP contribution in [0.1, 0.15) is 26.2 Å². The highest BCUT2D eigenvalue weighted by atomic mass is 127. The standard InChI is InChI=1S/C21H35N5O2.HI/c1-4-28-15-9-13-22-21(23-16-20(27)25(2)3)24-18-10-8-14-26(17-18)19-11-6-5-7-12-19;/h5-7,11-12,18H,4,8-10,13-17H2,1-3H3,(H2,22,23,24);1H. The van der Waals surface area contributed by atoms with E-state index in [9.17, 15) is 4.79 Å². The molecule has 1 saturated heterocycles. The molecule has 1 atom stereocenters. The molecule has 29 heavy (non-hydrogen) atoms. The molecule has 1 amide bonds. The van der Waals surface area contributed by atoms with Gasteiger partial charge < -0.3 is 25.2 Å². The number of anilines is 1. The van der Waals surface area contributed by atoms with E-state index in [1.807, 2.05) is 13.0 Å². The van der Waals surface area contributed by atoms with E-state index in [2.05, 4.69) is 44.8 Å². The number of piperidine rings is 1. The van der Waals surface area contributed by atoms with Crippen molar-refractivity contribution in [1.82, 2.24) is 15.5 Å². The molecular weight excluding hydrogens is 481 g/mol. The van der Waals surface area contributed by atoms with Crippen LogP contribution >= 0.6 is 24.0 Å². The Hall–Kier alpha value is -1.55. The number of guanidine groups is 1. The molecule has 0 aromatic heterocycles. The summed E-state index contributed by atoms with van der Waals surface area (Å²) in [4.78, 5) is 20.4. The first kappa shape index (κ1) is 25.5. The van der Waals surface area contributed by atoms with Gasteiger partial charge in [-0.1, -0.05) is 18.2 Å². The Balaban J connectivity index is 0.00000420. The topological polar surface area (TPSA) is 69.2 Å². The average molecular weight is 517 g/mol. The molecule has 0 saturated carbocycles.